The number of benzene rings is 1. The molecule has 1 aliphatic rings. The summed E-state index contributed by atoms with van der Waals surface area (Å²) < 4.78 is 11.1. The Kier molecular flexibility index (Phi) is 3.23. The van der Waals surface area contributed by atoms with Crippen LogP contribution in [-0.2, 0) is 0 Å². The van der Waals surface area contributed by atoms with Crippen LogP contribution >= 0.6 is 0 Å². The summed E-state index contributed by atoms with van der Waals surface area (Å²) >= 11 is 0. The molecule has 1 aromatic carbocycles. The molecule has 2 heterocycles. The molecule has 4 nitrogen and oxygen atoms in total. The van der Waals surface area contributed by atoms with Crippen molar-refractivity contribution in [2.45, 2.75) is 6.92 Å². The first-order valence-electron chi connectivity index (χ1n) is 6.48. The van der Waals surface area contributed by atoms with E-state index in [0.29, 0.717) is 13.2 Å². The van der Waals surface area contributed by atoms with Crippen LogP contribution in [0.1, 0.15) is 6.92 Å². The molecule has 1 aromatic heterocycles. The Hall–Kier alpha value is -2.23. The van der Waals surface area contributed by atoms with E-state index in [-0.39, 0.29) is 0 Å². The maximum Gasteiger partial charge on any atom is 0.162 e. The number of hydrogen-bond donors (Lipinski definition) is 1. The first-order chi connectivity index (χ1) is 9.36. The molecule has 0 spiro atoms. The minimum absolute atomic E-state index is 0.599. The number of pyridine rings is 1. The summed E-state index contributed by atoms with van der Waals surface area (Å²) in [4.78, 5) is 4.57. The highest BCUT2D eigenvalue weighted by Crippen LogP contribution is 2.34. The fraction of sp³-hybridized carbons (Fsp3) is 0.267. The Bertz CT molecular complexity index is 584. The number of nitrogens with one attached hydrogen (secondary N) is 1. The van der Waals surface area contributed by atoms with E-state index in [1.807, 2.05) is 36.4 Å². The monoisotopic (exact) mass is 256 g/mol. The van der Waals surface area contributed by atoms with Gasteiger partial charge >= 0.3 is 0 Å². The molecule has 98 valence electrons. The molecule has 19 heavy (non-hydrogen) atoms. The van der Waals surface area contributed by atoms with E-state index in [2.05, 4.69) is 17.2 Å². The van der Waals surface area contributed by atoms with Gasteiger partial charge < -0.3 is 14.8 Å². The van der Waals surface area contributed by atoms with Crippen molar-refractivity contribution in [2.75, 3.05) is 25.1 Å². The summed E-state index contributed by atoms with van der Waals surface area (Å²) in [5.74, 6) is 2.48. The van der Waals surface area contributed by atoms with E-state index in [1.54, 1.807) is 0 Å². The average molecular weight is 256 g/mol. The summed E-state index contributed by atoms with van der Waals surface area (Å²) in [5.41, 5.74) is 1.96. The van der Waals surface area contributed by atoms with Crippen LogP contribution in [0, 0.1) is 0 Å². The molecule has 0 fully saturated rings. The highest BCUT2D eigenvalue weighted by atomic mass is 16.6. The highest BCUT2D eigenvalue weighted by Gasteiger charge is 2.12. The number of anilines is 1. The van der Waals surface area contributed by atoms with Gasteiger partial charge in [-0.05, 0) is 37.3 Å². The lowest BCUT2D eigenvalue weighted by Crippen LogP contribution is -2.15. The zero-order valence-corrected chi connectivity index (χ0v) is 10.8. The zero-order chi connectivity index (χ0) is 13.1. The summed E-state index contributed by atoms with van der Waals surface area (Å²) in [6, 6.07) is 11.9. The van der Waals surface area contributed by atoms with E-state index >= 15 is 0 Å². The number of nitrogens with zero attached hydrogens (tertiary/aromatic N) is 1. The Morgan fingerprint density at radius 2 is 1.95 bits per heavy atom. The van der Waals surface area contributed by atoms with Crippen molar-refractivity contribution in [1.29, 1.82) is 0 Å². The van der Waals surface area contributed by atoms with Crippen LogP contribution in [0.5, 0.6) is 11.5 Å². The van der Waals surface area contributed by atoms with Crippen LogP contribution in [0.15, 0.2) is 36.4 Å². The van der Waals surface area contributed by atoms with Crippen molar-refractivity contribution in [3.63, 3.8) is 0 Å². The molecule has 0 radical (unpaired) electrons. The van der Waals surface area contributed by atoms with Gasteiger partial charge in [-0.15, -0.1) is 0 Å². The van der Waals surface area contributed by atoms with Crippen molar-refractivity contribution >= 4 is 5.82 Å². The van der Waals surface area contributed by atoms with Crippen LogP contribution in [0.25, 0.3) is 11.3 Å². The van der Waals surface area contributed by atoms with Gasteiger partial charge in [0, 0.05) is 12.1 Å². The molecule has 0 unspecified atom stereocenters. The molecular weight excluding hydrogens is 240 g/mol. The smallest absolute Gasteiger partial charge is 0.162 e. The molecule has 1 aliphatic heterocycles. The van der Waals surface area contributed by atoms with Crippen LogP contribution < -0.4 is 14.8 Å². The molecule has 0 bridgehead atoms. The minimum Gasteiger partial charge on any atom is -0.486 e. The topological polar surface area (TPSA) is 43.4 Å². The molecule has 0 saturated carbocycles. The minimum atomic E-state index is 0.599. The van der Waals surface area contributed by atoms with E-state index in [4.69, 9.17) is 9.47 Å². The Labute approximate surface area is 112 Å². The number of rotatable bonds is 3. The van der Waals surface area contributed by atoms with Gasteiger partial charge in [0.05, 0.1) is 5.69 Å². The van der Waals surface area contributed by atoms with E-state index in [9.17, 15) is 0 Å². The van der Waals surface area contributed by atoms with Gasteiger partial charge in [0.1, 0.15) is 19.0 Å². The van der Waals surface area contributed by atoms with Gasteiger partial charge in [-0.3, -0.25) is 0 Å². The second-order valence-corrected chi connectivity index (χ2v) is 4.30. The van der Waals surface area contributed by atoms with E-state index < -0.39 is 0 Å². The first kappa shape index (κ1) is 11.8. The average Bonchev–Trinajstić information content (AvgIpc) is 2.47. The third-order valence-corrected chi connectivity index (χ3v) is 2.94. The quantitative estimate of drug-likeness (QED) is 0.917. The number of ether oxygens (including phenoxy) is 2. The maximum atomic E-state index is 5.59. The predicted molar refractivity (Wildman–Crippen MR) is 74.8 cm³/mol. The molecule has 0 aliphatic carbocycles. The van der Waals surface area contributed by atoms with E-state index in [1.165, 1.54) is 0 Å². The predicted octanol–water partition coefficient (Wildman–Crippen LogP) is 2.95. The van der Waals surface area contributed by atoms with Crippen molar-refractivity contribution in [3.05, 3.63) is 36.4 Å². The molecule has 4 heteroatoms. The van der Waals surface area contributed by atoms with Gasteiger partial charge in [0.2, 0.25) is 0 Å². The fourth-order valence-electron chi connectivity index (χ4n) is 2.08. The van der Waals surface area contributed by atoms with Gasteiger partial charge in [0.15, 0.2) is 11.5 Å². The normalized spacial score (nSPS) is 13.1. The van der Waals surface area contributed by atoms with Gasteiger partial charge in [-0.2, -0.15) is 0 Å². The van der Waals surface area contributed by atoms with Gasteiger partial charge in [0.25, 0.3) is 0 Å². The molecule has 0 atom stereocenters. The van der Waals surface area contributed by atoms with Crippen LogP contribution in [-0.4, -0.2) is 24.7 Å². The van der Waals surface area contributed by atoms with Crippen molar-refractivity contribution < 1.29 is 9.47 Å². The van der Waals surface area contributed by atoms with Crippen molar-refractivity contribution in [2.24, 2.45) is 0 Å². The largest absolute Gasteiger partial charge is 0.486 e. The molecule has 1 N–H and O–H groups in total. The summed E-state index contributed by atoms with van der Waals surface area (Å²) in [6.45, 7) is 4.12. The number of aromatic nitrogens is 1. The second-order valence-electron chi connectivity index (χ2n) is 4.30. The summed E-state index contributed by atoms with van der Waals surface area (Å²) in [6.07, 6.45) is 0. The summed E-state index contributed by atoms with van der Waals surface area (Å²) in [7, 11) is 0. The fourth-order valence-corrected chi connectivity index (χ4v) is 2.08. The lowest BCUT2D eigenvalue weighted by atomic mass is 10.1. The third-order valence-electron chi connectivity index (χ3n) is 2.94. The lowest BCUT2D eigenvalue weighted by molar-refractivity contribution is 0.171. The lowest BCUT2D eigenvalue weighted by Gasteiger charge is -2.18. The number of fused-ring (bicyclic) bond motifs is 1. The molecule has 0 amide bonds. The van der Waals surface area contributed by atoms with Crippen LogP contribution in [0.4, 0.5) is 5.82 Å². The summed E-state index contributed by atoms with van der Waals surface area (Å²) in [5, 5.41) is 3.21. The van der Waals surface area contributed by atoms with Gasteiger partial charge in [-0.25, -0.2) is 4.98 Å². The maximum absolute atomic E-state index is 5.59. The Morgan fingerprint density at radius 1 is 1.11 bits per heavy atom. The van der Waals surface area contributed by atoms with E-state index in [0.717, 1.165) is 35.1 Å². The Morgan fingerprint density at radius 3 is 2.79 bits per heavy atom. The SMILES string of the molecule is CCNc1cccc(-c2ccc3c(c2)OCCO3)n1. The Balaban J connectivity index is 1.95. The zero-order valence-electron chi connectivity index (χ0n) is 10.8. The van der Waals surface area contributed by atoms with Crippen LogP contribution in [0.3, 0.4) is 0 Å². The third kappa shape index (κ3) is 2.47. The van der Waals surface area contributed by atoms with Crippen LogP contribution in [0.2, 0.25) is 0 Å². The number of hydrogen-bond acceptors (Lipinski definition) is 4. The first-order valence-corrected chi connectivity index (χ1v) is 6.48. The molecule has 2 aromatic rings. The highest BCUT2D eigenvalue weighted by molar-refractivity contribution is 5.65. The van der Waals surface area contributed by atoms with Gasteiger partial charge in [-0.1, -0.05) is 6.07 Å². The molecular formula is C15H16N2O2. The second kappa shape index (κ2) is 5.18. The standard InChI is InChI=1S/C15H16N2O2/c1-2-16-15-5-3-4-12(17-15)11-6-7-13-14(10-11)19-9-8-18-13/h3-7,10H,2,8-9H2,1H3,(H,16,17). The van der Waals surface area contributed by atoms with Crippen molar-refractivity contribution in [3.8, 4) is 22.8 Å². The van der Waals surface area contributed by atoms with Crippen molar-refractivity contribution in [1.82, 2.24) is 4.98 Å². The molecule has 0 saturated heterocycles. The molecule has 3 rings (SSSR count).